The van der Waals surface area contributed by atoms with Crippen LogP contribution in [0.5, 0.6) is 0 Å². The lowest BCUT2D eigenvalue weighted by Crippen LogP contribution is -2.50. The van der Waals surface area contributed by atoms with Crippen LogP contribution in [-0.4, -0.2) is 35.1 Å². The number of benzene rings is 1. The standard InChI is InChI=1S/C27H40N2O5/c1-18(2)16-22(24(26(31)29-33)20-12-6-7-13-20)25(30)28-23(17-19-10-4-3-5-11-19)27(32)34-21-14-8-9-15-21/h3-5,10-11,18,20-24,33H,6-9,12-17H2,1-2H3,(H,28,30)(H,29,31)/t22-,23+,24+/m1/s1. The minimum Gasteiger partial charge on any atom is -0.461 e. The summed E-state index contributed by atoms with van der Waals surface area (Å²) < 4.78 is 5.76. The van der Waals surface area contributed by atoms with Gasteiger partial charge >= 0.3 is 5.97 Å². The van der Waals surface area contributed by atoms with Crippen LogP contribution in [0.4, 0.5) is 0 Å². The van der Waals surface area contributed by atoms with Crippen molar-refractivity contribution in [3.8, 4) is 0 Å². The predicted molar refractivity (Wildman–Crippen MR) is 129 cm³/mol. The lowest BCUT2D eigenvalue weighted by Gasteiger charge is -2.31. The Labute approximate surface area is 203 Å². The molecule has 0 unspecified atom stereocenters. The molecule has 0 bridgehead atoms. The van der Waals surface area contributed by atoms with E-state index in [0.717, 1.165) is 56.9 Å². The van der Waals surface area contributed by atoms with Crippen LogP contribution >= 0.6 is 0 Å². The van der Waals surface area contributed by atoms with E-state index in [1.54, 1.807) is 5.48 Å². The third-order valence-corrected chi connectivity index (χ3v) is 7.28. The number of carbonyl (C=O) groups is 3. The molecule has 7 heteroatoms. The minimum absolute atomic E-state index is 0.0414. The first-order chi connectivity index (χ1) is 16.4. The summed E-state index contributed by atoms with van der Waals surface area (Å²) in [5, 5.41) is 12.4. The van der Waals surface area contributed by atoms with Gasteiger partial charge in [-0.2, -0.15) is 0 Å². The first kappa shape index (κ1) is 26.2. The van der Waals surface area contributed by atoms with Crippen molar-refractivity contribution in [2.75, 3.05) is 0 Å². The topological polar surface area (TPSA) is 105 Å². The van der Waals surface area contributed by atoms with Gasteiger partial charge in [0, 0.05) is 6.42 Å². The number of hydroxylamine groups is 1. The zero-order chi connectivity index (χ0) is 24.5. The van der Waals surface area contributed by atoms with E-state index in [1.807, 2.05) is 44.2 Å². The van der Waals surface area contributed by atoms with Gasteiger partial charge < -0.3 is 10.1 Å². The quantitative estimate of drug-likeness (QED) is 0.255. The Hall–Kier alpha value is -2.41. The molecule has 3 rings (SSSR count). The fourth-order valence-corrected chi connectivity index (χ4v) is 5.62. The molecule has 3 N–H and O–H groups in total. The van der Waals surface area contributed by atoms with E-state index in [9.17, 15) is 19.6 Å². The van der Waals surface area contributed by atoms with Crippen LogP contribution in [-0.2, 0) is 25.5 Å². The Bertz CT molecular complexity index is 800. The monoisotopic (exact) mass is 472 g/mol. The van der Waals surface area contributed by atoms with Crippen LogP contribution in [0.1, 0.15) is 77.2 Å². The molecule has 2 saturated carbocycles. The number of carbonyl (C=O) groups excluding carboxylic acids is 3. The molecule has 0 aliphatic heterocycles. The van der Waals surface area contributed by atoms with Crippen molar-refractivity contribution in [2.24, 2.45) is 23.7 Å². The van der Waals surface area contributed by atoms with Crippen LogP contribution in [0.25, 0.3) is 0 Å². The maximum atomic E-state index is 13.7. The van der Waals surface area contributed by atoms with E-state index >= 15 is 0 Å². The summed E-state index contributed by atoms with van der Waals surface area (Å²) in [5.74, 6) is -2.30. The van der Waals surface area contributed by atoms with Crippen molar-refractivity contribution in [1.29, 1.82) is 0 Å². The van der Waals surface area contributed by atoms with Crippen molar-refractivity contribution < 1.29 is 24.3 Å². The smallest absolute Gasteiger partial charge is 0.329 e. The summed E-state index contributed by atoms with van der Waals surface area (Å²) in [6, 6.07) is 8.74. The fraction of sp³-hybridized carbons (Fsp3) is 0.667. The maximum absolute atomic E-state index is 13.7. The summed E-state index contributed by atoms with van der Waals surface area (Å²) in [6.07, 6.45) is 8.27. The van der Waals surface area contributed by atoms with E-state index in [4.69, 9.17) is 4.74 Å². The largest absolute Gasteiger partial charge is 0.461 e. The summed E-state index contributed by atoms with van der Waals surface area (Å²) in [7, 11) is 0. The molecule has 0 radical (unpaired) electrons. The Morgan fingerprint density at radius 3 is 2.18 bits per heavy atom. The second-order valence-electron chi connectivity index (χ2n) is 10.4. The summed E-state index contributed by atoms with van der Waals surface area (Å²) in [6.45, 7) is 4.03. The molecule has 2 amide bonds. The zero-order valence-electron chi connectivity index (χ0n) is 20.5. The molecule has 0 saturated heterocycles. The van der Waals surface area contributed by atoms with E-state index in [1.165, 1.54) is 0 Å². The SMILES string of the molecule is CC(C)C[C@@H](C(=O)N[C@@H](Cc1ccccc1)C(=O)OC1CCCC1)[C@@H](C(=O)NO)C1CCCC1. The Morgan fingerprint density at radius 1 is 0.971 bits per heavy atom. The molecule has 2 aliphatic carbocycles. The molecule has 0 aromatic heterocycles. The van der Waals surface area contributed by atoms with E-state index < -0.39 is 29.8 Å². The molecule has 0 spiro atoms. The van der Waals surface area contributed by atoms with Gasteiger partial charge in [0.15, 0.2) is 0 Å². The fourth-order valence-electron chi connectivity index (χ4n) is 5.62. The highest BCUT2D eigenvalue weighted by Crippen LogP contribution is 2.38. The molecule has 2 fully saturated rings. The van der Waals surface area contributed by atoms with Crippen molar-refractivity contribution in [3.05, 3.63) is 35.9 Å². The highest BCUT2D eigenvalue weighted by Gasteiger charge is 2.41. The second kappa shape index (κ2) is 12.9. The summed E-state index contributed by atoms with van der Waals surface area (Å²) in [4.78, 5) is 39.5. The molecule has 1 aromatic carbocycles. The van der Waals surface area contributed by atoms with Crippen molar-refractivity contribution >= 4 is 17.8 Å². The lowest BCUT2D eigenvalue weighted by molar-refractivity contribution is -0.153. The van der Waals surface area contributed by atoms with Gasteiger partial charge in [0.2, 0.25) is 11.8 Å². The van der Waals surface area contributed by atoms with E-state index in [-0.39, 0.29) is 23.8 Å². The average molecular weight is 473 g/mol. The van der Waals surface area contributed by atoms with Gasteiger partial charge in [-0.05, 0) is 62.3 Å². The van der Waals surface area contributed by atoms with Crippen molar-refractivity contribution in [3.63, 3.8) is 0 Å². The van der Waals surface area contributed by atoms with Gasteiger partial charge in [0.1, 0.15) is 12.1 Å². The van der Waals surface area contributed by atoms with Gasteiger partial charge in [-0.3, -0.25) is 14.8 Å². The zero-order valence-corrected chi connectivity index (χ0v) is 20.5. The van der Waals surface area contributed by atoms with E-state index in [0.29, 0.717) is 12.8 Å². The number of ether oxygens (including phenoxy) is 1. The molecule has 34 heavy (non-hydrogen) atoms. The molecule has 3 atom stereocenters. The second-order valence-corrected chi connectivity index (χ2v) is 10.4. The third-order valence-electron chi connectivity index (χ3n) is 7.28. The number of esters is 1. The lowest BCUT2D eigenvalue weighted by atomic mass is 9.75. The molecule has 2 aliphatic rings. The van der Waals surface area contributed by atoms with Crippen LogP contribution < -0.4 is 10.8 Å². The number of hydrogen-bond donors (Lipinski definition) is 3. The first-order valence-electron chi connectivity index (χ1n) is 12.9. The van der Waals surface area contributed by atoms with Crippen molar-refractivity contribution in [1.82, 2.24) is 10.8 Å². The summed E-state index contributed by atoms with van der Waals surface area (Å²) in [5.41, 5.74) is 2.73. The van der Waals surface area contributed by atoms with Gasteiger partial charge in [0.25, 0.3) is 0 Å². The van der Waals surface area contributed by atoms with Crippen LogP contribution in [0.2, 0.25) is 0 Å². The first-order valence-corrected chi connectivity index (χ1v) is 12.9. The number of hydrogen-bond acceptors (Lipinski definition) is 5. The highest BCUT2D eigenvalue weighted by atomic mass is 16.5. The van der Waals surface area contributed by atoms with Gasteiger partial charge in [-0.15, -0.1) is 0 Å². The van der Waals surface area contributed by atoms with Gasteiger partial charge in [-0.25, -0.2) is 10.3 Å². The maximum Gasteiger partial charge on any atom is 0.329 e. The number of amides is 2. The number of nitrogens with one attached hydrogen (secondary N) is 2. The van der Waals surface area contributed by atoms with Gasteiger partial charge in [-0.1, -0.05) is 57.0 Å². The molecule has 1 aromatic rings. The normalized spacial score (nSPS) is 19.5. The van der Waals surface area contributed by atoms with E-state index in [2.05, 4.69) is 5.32 Å². The minimum atomic E-state index is -0.827. The van der Waals surface area contributed by atoms with Crippen LogP contribution in [0.3, 0.4) is 0 Å². The van der Waals surface area contributed by atoms with Crippen LogP contribution in [0, 0.1) is 23.7 Å². The third kappa shape index (κ3) is 7.29. The highest BCUT2D eigenvalue weighted by molar-refractivity contribution is 5.90. The molecule has 7 nitrogen and oxygen atoms in total. The predicted octanol–water partition coefficient (Wildman–Crippen LogP) is 4.17. The van der Waals surface area contributed by atoms with Crippen LogP contribution in [0.15, 0.2) is 30.3 Å². The summed E-state index contributed by atoms with van der Waals surface area (Å²) >= 11 is 0. The Morgan fingerprint density at radius 2 is 1.59 bits per heavy atom. The van der Waals surface area contributed by atoms with Gasteiger partial charge in [0.05, 0.1) is 11.8 Å². The Kier molecular flexibility index (Phi) is 9.93. The molecule has 0 heterocycles. The molecular formula is C27H40N2O5. The number of rotatable bonds is 11. The average Bonchev–Trinajstić information content (AvgIpc) is 3.53. The van der Waals surface area contributed by atoms with Crippen molar-refractivity contribution in [2.45, 2.75) is 90.2 Å². The molecular weight excluding hydrogens is 432 g/mol. The Balaban J connectivity index is 1.81. The molecule has 188 valence electrons.